The van der Waals surface area contributed by atoms with E-state index in [9.17, 15) is 0 Å². The molecule has 0 unspecified atom stereocenters. The van der Waals surface area contributed by atoms with Crippen LogP contribution < -0.4 is 0 Å². The second-order valence-corrected chi connectivity index (χ2v) is 4.10. The van der Waals surface area contributed by atoms with Gasteiger partial charge in [-0.1, -0.05) is 40.0 Å². The second kappa shape index (κ2) is 8.96. The van der Waals surface area contributed by atoms with Gasteiger partial charge in [-0.3, -0.25) is 0 Å². The van der Waals surface area contributed by atoms with Crippen LogP contribution in [0.1, 0.15) is 34.6 Å². The molecule has 0 aromatic rings. The molecule has 0 saturated carbocycles. The minimum absolute atomic E-state index is 0. The van der Waals surface area contributed by atoms with Gasteiger partial charge < -0.3 is 5.11 Å². The van der Waals surface area contributed by atoms with Crippen molar-refractivity contribution in [2.75, 3.05) is 0 Å². The summed E-state index contributed by atoms with van der Waals surface area (Å²) in [6.45, 7) is 11.6. The van der Waals surface area contributed by atoms with Gasteiger partial charge in [0, 0.05) is 82.4 Å². The monoisotopic (exact) mass is 507 g/mol. The van der Waals surface area contributed by atoms with E-state index in [1.54, 1.807) is 0 Å². The first-order valence-electron chi connectivity index (χ1n) is 3.30. The van der Waals surface area contributed by atoms with Gasteiger partial charge in [0.25, 0.3) is 0 Å². The summed E-state index contributed by atoms with van der Waals surface area (Å²) in [6.07, 6.45) is 0. The SMILES string of the molecule is CC(C)(C)C(C)(C)[CH-]O.[U].[V].[Y]. The first kappa shape index (κ1) is 24.1. The molecule has 0 bridgehead atoms. The molecule has 1 nitrogen and oxygen atoms in total. The number of aliphatic hydroxyl groups is 1. The molecule has 0 aliphatic rings. The van der Waals surface area contributed by atoms with Crippen LogP contribution in [0, 0.1) is 48.6 Å². The van der Waals surface area contributed by atoms with E-state index in [0.717, 1.165) is 0 Å². The Balaban J connectivity index is -0.000000107. The smallest absolute Gasteiger partial charge is 0 e. The maximum Gasteiger partial charge on any atom is 0 e. The third-order valence-electron chi connectivity index (χ3n) is 2.26. The Hall–Kier alpha value is 2.70. The summed E-state index contributed by atoms with van der Waals surface area (Å²) in [5, 5.41) is 8.80. The average molecular weight is 507 g/mol. The maximum atomic E-state index is 8.80. The molecule has 0 saturated heterocycles. The van der Waals surface area contributed by atoms with Crippen molar-refractivity contribution in [3.63, 3.8) is 0 Å². The third kappa shape index (κ3) is 8.05. The first-order valence-corrected chi connectivity index (χ1v) is 3.30. The Kier molecular flexibility index (Phi) is 18.0. The molecule has 0 aromatic heterocycles. The summed E-state index contributed by atoms with van der Waals surface area (Å²) in [6, 6.07) is 0. The molecule has 0 atom stereocenters. The number of hydrogen-bond donors (Lipinski definition) is 1. The minimum atomic E-state index is -0.0903. The zero-order chi connectivity index (χ0) is 7.71. The summed E-state index contributed by atoms with van der Waals surface area (Å²) < 4.78 is 0. The molecule has 1 N–H and O–H groups in total. The van der Waals surface area contributed by atoms with Crippen LogP contribution in [-0.2, 0) is 51.3 Å². The molecule has 0 heterocycles. The van der Waals surface area contributed by atoms with Gasteiger partial charge in [-0.2, -0.15) is 0 Å². The predicted molar refractivity (Wildman–Crippen MR) is 39.5 cm³/mol. The van der Waals surface area contributed by atoms with Crippen LogP contribution in [0.15, 0.2) is 0 Å². The first-order chi connectivity index (χ1) is 3.81. The van der Waals surface area contributed by atoms with Crippen LogP contribution >= 0.6 is 0 Å². The van der Waals surface area contributed by atoms with Crippen molar-refractivity contribution in [2.45, 2.75) is 34.6 Å². The summed E-state index contributed by atoms with van der Waals surface area (Å²) in [7, 11) is 0. The number of aliphatic hydroxyl groups excluding tert-OH is 1. The molecule has 0 aliphatic carbocycles. The Morgan fingerprint density at radius 3 is 1.25 bits per heavy atom. The molecule has 12 heavy (non-hydrogen) atoms. The van der Waals surface area contributed by atoms with Crippen molar-refractivity contribution in [1.82, 2.24) is 0 Å². The normalized spacial score (nSPS) is 10.5. The van der Waals surface area contributed by atoms with E-state index in [-0.39, 0.29) is 93.2 Å². The van der Waals surface area contributed by atoms with Crippen LogP contribution in [0.5, 0.6) is 0 Å². The van der Waals surface area contributed by atoms with Gasteiger partial charge in [0.1, 0.15) is 0 Å². The van der Waals surface area contributed by atoms with E-state index >= 15 is 0 Å². The Labute approximate surface area is 137 Å². The number of rotatable bonds is 1. The van der Waals surface area contributed by atoms with Crippen molar-refractivity contribution in [1.29, 1.82) is 0 Å². The van der Waals surface area contributed by atoms with E-state index < -0.39 is 0 Å². The zero-order valence-corrected chi connectivity index (χ0v) is 16.9. The molecule has 68 valence electrons. The van der Waals surface area contributed by atoms with Crippen LogP contribution in [-0.4, -0.2) is 5.11 Å². The zero-order valence-electron chi connectivity index (χ0n) is 8.55. The summed E-state index contributed by atoms with van der Waals surface area (Å²) in [4.78, 5) is 0. The van der Waals surface area contributed by atoms with Crippen LogP contribution in [0.4, 0.5) is 0 Å². The van der Waals surface area contributed by atoms with E-state index in [1.165, 1.54) is 6.61 Å². The van der Waals surface area contributed by atoms with E-state index in [1.807, 2.05) is 13.8 Å². The minimum Gasteiger partial charge on any atom is -0.565 e. The fraction of sp³-hybridized carbons (Fsp3) is 0.875. The van der Waals surface area contributed by atoms with Crippen LogP contribution in [0.3, 0.4) is 0 Å². The van der Waals surface area contributed by atoms with Gasteiger partial charge >= 0.3 is 0 Å². The standard InChI is InChI=1S/C8H17O.U.V.Y/c1-7(2,3)8(4,5)6-9;;;/h6,9H,1-5H3;;;/q-1;;;. The van der Waals surface area contributed by atoms with Crippen LogP contribution in [0.2, 0.25) is 0 Å². The molecule has 2 radical (unpaired) electrons. The molecule has 0 fully saturated rings. The summed E-state index contributed by atoms with van der Waals surface area (Å²) in [5.41, 5.74) is 0.0503. The summed E-state index contributed by atoms with van der Waals surface area (Å²) >= 11 is 0. The molecule has 0 aliphatic heterocycles. The van der Waals surface area contributed by atoms with E-state index in [0.29, 0.717) is 0 Å². The van der Waals surface area contributed by atoms with Crippen molar-refractivity contribution in [2.24, 2.45) is 10.8 Å². The Morgan fingerprint density at radius 1 is 1.00 bits per heavy atom. The maximum absolute atomic E-state index is 8.80. The van der Waals surface area contributed by atoms with Gasteiger partial charge in [-0.05, 0) is 0 Å². The van der Waals surface area contributed by atoms with Crippen molar-refractivity contribution < 1.29 is 87.5 Å². The van der Waals surface area contributed by atoms with E-state index in [4.69, 9.17) is 5.11 Å². The van der Waals surface area contributed by atoms with Gasteiger partial charge in [0.15, 0.2) is 0 Å². The van der Waals surface area contributed by atoms with Gasteiger partial charge in [-0.25, -0.2) is 6.61 Å². The van der Waals surface area contributed by atoms with Crippen LogP contribution in [0.25, 0.3) is 0 Å². The van der Waals surface area contributed by atoms with Gasteiger partial charge in [0.2, 0.25) is 0 Å². The van der Waals surface area contributed by atoms with E-state index in [2.05, 4.69) is 20.8 Å². The predicted octanol–water partition coefficient (Wildman–Crippen LogP) is 2.59. The molecule has 0 amide bonds. The van der Waals surface area contributed by atoms with Crippen molar-refractivity contribution in [3.8, 4) is 0 Å². The fourth-order valence-electron chi connectivity index (χ4n) is 0.194. The molecule has 0 aromatic carbocycles. The van der Waals surface area contributed by atoms with Gasteiger partial charge in [-0.15, -0.1) is 5.41 Å². The molecule has 0 rings (SSSR count). The summed E-state index contributed by atoms with van der Waals surface area (Å²) in [5.74, 6) is 0. The molecule has 0 spiro atoms. The quantitative estimate of drug-likeness (QED) is 0.542. The molecular weight excluding hydrogens is 490 g/mol. The van der Waals surface area contributed by atoms with Gasteiger partial charge in [0.05, 0.1) is 0 Å². The fourth-order valence-corrected chi connectivity index (χ4v) is 0.194. The molecular formula is C8H17OUVY-. The number of hydrogen-bond acceptors (Lipinski definition) is 1. The second-order valence-electron chi connectivity index (χ2n) is 4.10. The van der Waals surface area contributed by atoms with Crippen molar-refractivity contribution in [3.05, 3.63) is 6.61 Å². The Bertz CT molecular complexity index is 102. The third-order valence-corrected chi connectivity index (χ3v) is 2.26. The average Bonchev–Trinajstić information content (AvgIpc) is 1.64. The van der Waals surface area contributed by atoms with Crippen molar-refractivity contribution >= 4 is 0 Å². The topological polar surface area (TPSA) is 20.2 Å². The molecule has 4 heteroatoms. The largest absolute Gasteiger partial charge is 0.565 e. The Morgan fingerprint density at radius 2 is 1.25 bits per heavy atom.